The standard InChI is InChI=1S/C21H19N5O6/c1-24-19-17(20(27)25(2)21(24)28)22-18(23-19)13-6-9-15(16(10-13)31-3)32-11-12-4-7-14(8-5-12)26(29)30/h4-10H,11H2,1-3H3,(H,22,23). The number of nitrogens with zero attached hydrogens (tertiary/aromatic N) is 4. The van der Waals surface area contributed by atoms with E-state index in [1.807, 2.05) is 0 Å². The number of nitro groups is 1. The van der Waals surface area contributed by atoms with Crippen molar-refractivity contribution in [2.24, 2.45) is 14.1 Å². The minimum atomic E-state index is -0.465. The first-order valence-corrected chi connectivity index (χ1v) is 9.50. The Morgan fingerprint density at radius 2 is 1.78 bits per heavy atom. The van der Waals surface area contributed by atoms with Gasteiger partial charge in [0.15, 0.2) is 17.1 Å². The lowest BCUT2D eigenvalue weighted by Crippen LogP contribution is -2.36. The highest BCUT2D eigenvalue weighted by Crippen LogP contribution is 2.32. The first-order chi connectivity index (χ1) is 15.3. The SMILES string of the molecule is COc1cc(-c2nc3c([nH]2)c(=O)n(C)c(=O)n3C)ccc1OCc1ccc([N+](=O)[O-])cc1. The summed E-state index contributed by atoms with van der Waals surface area (Å²) in [4.78, 5) is 42.2. The minimum absolute atomic E-state index is 0.00819. The molecule has 164 valence electrons. The molecule has 4 aromatic rings. The van der Waals surface area contributed by atoms with Gasteiger partial charge < -0.3 is 14.5 Å². The van der Waals surface area contributed by atoms with Crippen molar-refractivity contribution in [3.63, 3.8) is 0 Å². The van der Waals surface area contributed by atoms with E-state index in [-0.39, 0.29) is 23.5 Å². The number of aromatic amines is 1. The van der Waals surface area contributed by atoms with Crippen LogP contribution in [-0.2, 0) is 20.7 Å². The molecule has 2 aromatic carbocycles. The molecule has 2 heterocycles. The summed E-state index contributed by atoms with van der Waals surface area (Å²) < 4.78 is 13.6. The van der Waals surface area contributed by atoms with Gasteiger partial charge in [0.1, 0.15) is 17.9 Å². The summed E-state index contributed by atoms with van der Waals surface area (Å²) in [5.74, 6) is 1.30. The van der Waals surface area contributed by atoms with Gasteiger partial charge in [0.25, 0.3) is 11.2 Å². The predicted molar refractivity (Wildman–Crippen MR) is 116 cm³/mol. The van der Waals surface area contributed by atoms with Crippen LogP contribution in [0, 0.1) is 10.1 Å². The van der Waals surface area contributed by atoms with Gasteiger partial charge in [-0.3, -0.25) is 24.0 Å². The van der Waals surface area contributed by atoms with Crippen molar-refractivity contribution in [2.45, 2.75) is 6.61 Å². The number of nitrogens with one attached hydrogen (secondary N) is 1. The second kappa shape index (κ2) is 8.02. The van der Waals surface area contributed by atoms with E-state index in [2.05, 4.69) is 9.97 Å². The van der Waals surface area contributed by atoms with Crippen LogP contribution in [0.25, 0.3) is 22.6 Å². The van der Waals surface area contributed by atoms with Gasteiger partial charge in [-0.25, -0.2) is 9.78 Å². The molecule has 4 rings (SSSR count). The summed E-state index contributed by atoms with van der Waals surface area (Å²) in [6.07, 6.45) is 0. The van der Waals surface area contributed by atoms with E-state index in [9.17, 15) is 19.7 Å². The first-order valence-electron chi connectivity index (χ1n) is 9.50. The molecule has 0 aliphatic rings. The molecule has 0 spiro atoms. The van der Waals surface area contributed by atoms with Gasteiger partial charge in [-0.2, -0.15) is 0 Å². The molecule has 0 aliphatic carbocycles. The normalized spacial score (nSPS) is 11.0. The molecule has 0 amide bonds. The highest BCUT2D eigenvalue weighted by Gasteiger charge is 2.16. The average molecular weight is 437 g/mol. The molecule has 0 fully saturated rings. The Morgan fingerprint density at radius 1 is 1.06 bits per heavy atom. The molecule has 11 nitrogen and oxygen atoms in total. The number of hydrogen-bond donors (Lipinski definition) is 1. The number of benzene rings is 2. The number of aromatic nitrogens is 4. The van der Waals surface area contributed by atoms with Crippen LogP contribution in [0.1, 0.15) is 5.56 Å². The molecular weight excluding hydrogens is 418 g/mol. The highest BCUT2D eigenvalue weighted by molar-refractivity contribution is 5.76. The largest absolute Gasteiger partial charge is 0.493 e. The number of H-pyrrole nitrogens is 1. The van der Waals surface area contributed by atoms with Crippen LogP contribution < -0.4 is 20.7 Å². The van der Waals surface area contributed by atoms with Crippen molar-refractivity contribution < 1.29 is 14.4 Å². The Labute approximate surface area is 180 Å². The third-order valence-electron chi connectivity index (χ3n) is 5.07. The van der Waals surface area contributed by atoms with E-state index in [1.54, 1.807) is 37.4 Å². The number of non-ortho nitro benzene ring substituents is 1. The van der Waals surface area contributed by atoms with E-state index in [0.29, 0.717) is 22.9 Å². The average Bonchev–Trinajstić information content (AvgIpc) is 3.26. The van der Waals surface area contributed by atoms with Crippen molar-refractivity contribution in [3.05, 3.63) is 79.0 Å². The van der Waals surface area contributed by atoms with Gasteiger partial charge in [-0.05, 0) is 35.9 Å². The maximum atomic E-state index is 12.4. The van der Waals surface area contributed by atoms with E-state index >= 15 is 0 Å². The summed E-state index contributed by atoms with van der Waals surface area (Å²) in [7, 11) is 4.45. The first kappa shape index (κ1) is 20.8. The number of methoxy groups -OCH3 is 1. The number of fused-ring (bicyclic) bond motifs is 1. The Bertz CT molecular complexity index is 1450. The van der Waals surface area contributed by atoms with E-state index in [0.717, 1.165) is 10.1 Å². The second-order valence-corrected chi connectivity index (χ2v) is 7.07. The Balaban J connectivity index is 1.63. The van der Waals surface area contributed by atoms with Crippen LogP contribution in [0.5, 0.6) is 11.5 Å². The maximum Gasteiger partial charge on any atom is 0.332 e. The van der Waals surface area contributed by atoms with E-state index < -0.39 is 16.2 Å². The van der Waals surface area contributed by atoms with Gasteiger partial charge in [0.05, 0.1) is 12.0 Å². The van der Waals surface area contributed by atoms with Crippen LogP contribution in [0.15, 0.2) is 52.1 Å². The van der Waals surface area contributed by atoms with Crippen LogP contribution in [0.3, 0.4) is 0 Å². The maximum absolute atomic E-state index is 12.4. The number of nitro benzene ring substituents is 1. The number of hydrogen-bond acceptors (Lipinski definition) is 7. The van der Waals surface area contributed by atoms with Crippen LogP contribution in [0.4, 0.5) is 5.69 Å². The number of ether oxygens (including phenoxy) is 2. The fourth-order valence-electron chi connectivity index (χ4n) is 3.27. The number of rotatable bonds is 6. The lowest BCUT2D eigenvalue weighted by Gasteiger charge is -2.11. The van der Waals surface area contributed by atoms with Gasteiger partial charge >= 0.3 is 5.69 Å². The molecule has 0 radical (unpaired) electrons. The van der Waals surface area contributed by atoms with Gasteiger partial charge in [-0.1, -0.05) is 0 Å². The molecule has 0 atom stereocenters. The summed E-state index contributed by atoms with van der Waals surface area (Å²) in [6, 6.07) is 11.2. The molecule has 0 saturated heterocycles. The third kappa shape index (κ3) is 3.60. The molecule has 1 N–H and O–H groups in total. The topological polar surface area (TPSA) is 134 Å². The third-order valence-corrected chi connectivity index (χ3v) is 5.07. The summed E-state index contributed by atoms with van der Waals surface area (Å²) in [6.45, 7) is 0.191. The molecular formula is C21H19N5O6. The summed E-state index contributed by atoms with van der Waals surface area (Å²) in [5.41, 5.74) is 0.956. The molecule has 2 aromatic heterocycles. The lowest BCUT2D eigenvalue weighted by molar-refractivity contribution is -0.384. The van der Waals surface area contributed by atoms with Crippen molar-refractivity contribution in [1.82, 2.24) is 19.1 Å². The Morgan fingerprint density at radius 3 is 2.44 bits per heavy atom. The molecule has 32 heavy (non-hydrogen) atoms. The lowest BCUT2D eigenvalue weighted by atomic mass is 10.2. The van der Waals surface area contributed by atoms with Crippen molar-refractivity contribution >= 4 is 16.9 Å². The second-order valence-electron chi connectivity index (χ2n) is 7.07. The molecule has 0 saturated carbocycles. The van der Waals surface area contributed by atoms with Crippen LogP contribution in [0.2, 0.25) is 0 Å². The predicted octanol–water partition coefficient (Wildman–Crippen LogP) is 2.12. The smallest absolute Gasteiger partial charge is 0.332 e. The Hall–Kier alpha value is -4.41. The molecule has 0 unspecified atom stereocenters. The minimum Gasteiger partial charge on any atom is -0.493 e. The van der Waals surface area contributed by atoms with E-state index in [4.69, 9.17) is 9.47 Å². The summed E-state index contributed by atoms with van der Waals surface area (Å²) in [5, 5.41) is 10.8. The zero-order chi connectivity index (χ0) is 23.0. The fourth-order valence-corrected chi connectivity index (χ4v) is 3.27. The fraction of sp³-hybridized carbons (Fsp3) is 0.190. The van der Waals surface area contributed by atoms with Crippen molar-refractivity contribution in [3.8, 4) is 22.9 Å². The van der Waals surface area contributed by atoms with Crippen molar-refractivity contribution in [1.29, 1.82) is 0 Å². The summed E-state index contributed by atoms with van der Waals surface area (Å²) >= 11 is 0. The highest BCUT2D eigenvalue weighted by atomic mass is 16.6. The van der Waals surface area contributed by atoms with Crippen molar-refractivity contribution in [2.75, 3.05) is 7.11 Å². The zero-order valence-electron chi connectivity index (χ0n) is 17.5. The van der Waals surface area contributed by atoms with Gasteiger partial charge in [0, 0.05) is 31.8 Å². The number of aryl methyl sites for hydroxylation is 1. The quantitative estimate of drug-likeness (QED) is 0.361. The van der Waals surface area contributed by atoms with Gasteiger partial charge in [0.2, 0.25) is 0 Å². The Kier molecular flexibility index (Phi) is 5.23. The van der Waals surface area contributed by atoms with Crippen LogP contribution in [-0.4, -0.2) is 31.1 Å². The van der Waals surface area contributed by atoms with E-state index in [1.165, 1.54) is 30.9 Å². The molecule has 0 aliphatic heterocycles. The zero-order valence-corrected chi connectivity index (χ0v) is 17.5. The molecule has 11 heteroatoms. The molecule has 0 bridgehead atoms. The van der Waals surface area contributed by atoms with Gasteiger partial charge in [-0.15, -0.1) is 0 Å². The number of imidazole rings is 1. The van der Waals surface area contributed by atoms with Crippen LogP contribution >= 0.6 is 0 Å². The monoisotopic (exact) mass is 437 g/mol.